The Morgan fingerprint density at radius 3 is 2.86 bits per heavy atom. The number of pyridine rings is 1. The number of hydrogen-bond donors (Lipinski definition) is 2. The number of rotatable bonds is 5. The van der Waals surface area contributed by atoms with Gasteiger partial charge in [-0.05, 0) is 42.4 Å². The van der Waals surface area contributed by atoms with Gasteiger partial charge in [-0.25, -0.2) is 0 Å². The smallest absolute Gasteiger partial charge is 0.170 e. The summed E-state index contributed by atoms with van der Waals surface area (Å²) in [5.41, 5.74) is 2.17. The van der Waals surface area contributed by atoms with E-state index in [1.54, 1.807) is 6.20 Å². The maximum Gasteiger partial charge on any atom is 0.170 e. The topological polar surface area (TPSA) is 53.3 Å². The lowest BCUT2D eigenvalue weighted by atomic mass is 9.99. The fourth-order valence-electron chi connectivity index (χ4n) is 2.95. The van der Waals surface area contributed by atoms with E-state index in [1.165, 1.54) is 5.56 Å². The predicted octanol–water partition coefficient (Wildman–Crippen LogP) is 1.78. The number of aliphatic hydroxyl groups excluding tert-OH is 1. The molecule has 1 aliphatic rings. The number of aryl methyl sites for hydroxylation is 1. The van der Waals surface area contributed by atoms with E-state index in [4.69, 9.17) is 17.3 Å². The van der Waals surface area contributed by atoms with Gasteiger partial charge in [-0.15, -0.1) is 0 Å². The van der Waals surface area contributed by atoms with Crippen LogP contribution in [0.4, 0.5) is 0 Å². The van der Waals surface area contributed by atoms with Gasteiger partial charge in [-0.3, -0.25) is 4.98 Å². The van der Waals surface area contributed by atoms with Crippen LogP contribution in [0.1, 0.15) is 29.8 Å². The van der Waals surface area contributed by atoms with Crippen molar-refractivity contribution in [3.63, 3.8) is 0 Å². The van der Waals surface area contributed by atoms with Crippen LogP contribution in [0.25, 0.3) is 0 Å². The van der Waals surface area contributed by atoms with Crippen LogP contribution in [0.5, 0.6) is 0 Å². The number of nitrogens with zero attached hydrogens (tertiary/aromatic N) is 3. The van der Waals surface area contributed by atoms with Crippen molar-refractivity contribution < 1.29 is 5.11 Å². The van der Waals surface area contributed by atoms with Gasteiger partial charge in [-0.2, -0.15) is 0 Å². The first-order valence-electron chi connectivity index (χ1n) is 7.41. The molecule has 0 radical (unpaired) electrons. The van der Waals surface area contributed by atoms with Crippen molar-refractivity contribution in [1.82, 2.24) is 19.8 Å². The summed E-state index contributed by atoms with van der Waals surface area (Å²) in [6.07, 6.45) is 6.65. The van der Waals surface area contributed by atoms with Crippen LogP contribution >= 0.6 is 12.2 Å². The molecule has 0 spiro atoms. The summed E-state index contributed by atoms with van der Waals surface area (Å²) in [6, 6.07) is 8.15. The largest absolute Gasteiger partial charge is 0.396 e. The monoisotopic (exact) mass is 316 g/mol. The average molecular weight is 316 g/mol. The molecule has 2 N–H and O–H groups in total. The van der Waals surface area contributed by atoms with Crippen LogP contribution < -0.4 is 5.32 Å². The number of hydrogen-bond acceptors (Lipinski definition) is 3. The Kier molecular flexibility index (Phi) is 4.40. The molecule has 3 heterocycles. The zero-order chi connectivity index (χ0) is 15.5. The van der Waals surface area contributed by atoms with E-state index in [1.807, 2.05) is 36.0 Å². The molecule has 0 aromatic carbocycles. The van der Waals surface area contributed by atoms with Crippen molar-refractivity contribution >= 4 is 17.3 Å². The number of nitrogens with one attached hydrogen (secondary N) is 1. The molecule has 116 valence electrons. The number of aliphatic hydroxyl groups is 1. The molecule has 2 aromatic heterocycles. The van der Waals surface area contributed by atoms with Crippen molar-refractivity contribution in [3.8, 4) is 0 Å². The quantitative estimate of drug-likeness (QED) is 0.824. The van der Waals surface area contributed by atoms with Crippen molar-refractivity contribution in [3.05, 3.63) is 54.1 Å². The fourth-order valence-corrected chi connectivity index (χ4v) is 3.28. The van der Waals surface area contributed by atoms with E-state index in [2.05, 4.69) is 27.5 Å². The van der Waals surface area contributed by atoms with Crippen LogP contribution in [0.15, 0.2) is 42.9 Å². The van der Waals surface area contributed by atoms with Gasteiger partial charge in [0.1, 0.15) is 0 Å². The zero-order valence-electron chi connectivity index (χ0n) is 12.5. The molecule has 2 atom stereocenters. The normalized spacial score (nSPS) is 21.2. The van der Waals surface area contributed by atoms with Crippen molar-refractivity contribution in [2.24, 2.45) is 7.05 Å². The van der Waals surface area contributed by atoms with Crippen molar-refractivity contribution in [2.45, 2.75) is 18.5 Å². The van der Waals surface area contributed by atoms with Gasteiger partial charge in [0.25, 0.3) is 0 Å². The van der Waals surface area contributed by atoms with E-state index in [0.29, 0.717) is 6.42 Å². The maximum atomic E-state index is 9.15. The SMILES string of the molecule is Cn1ccc([C@@H]2[C@@H](c3ccccn3)NC(=S)N2CCCO)c1. The Hall–Kier alpha value is -1.92. The molecule has 0 aliphatic carbocycles. The molecule has 0 bridgehead atoms. The van der Waals surface area contributed by atoms with Gasteiger partial charge < -0.3 is 19.9 Å². The van der Waals surface area contributed by atoms with Gasteiger partial charge >= 0.3 is 0 Å². The van der Waals surface area contributed by atoms with E-state index in [9.17, 15) is 0 Å². The summed E-state index contributed by atoms with van der Waals surface area (Å²) in [7, 11) is 2.01. The van der Waals surface area contributed by atoms with Crippen LogP contribution in [-0.2, 0) is 7.05 Å². The highest BCUT2D eigenvalue weighted by atomic mass is 32.1. The minimum atomic E-state index is 0.0230. The zero-order valence-corrected chi connectivity index (χ0v) is 13.3. The fraction of sp³-hybridized carbons (Fsp3) is 0.375. The molecule has 1 saturated heterocycles. The summed E-state index contributed by atoms with van der Waals surface area (Å²) in [4.78, 5) is 6.64. The first-order chi connectivity index (χ1) is 10.7. The summed E-state index contributed by atoms with van der Waals surface area (Å²) in [5, 5.41) is 13.3. The summed E-state index contributed by atoms with van der Waals surface area (Å²) in [6.45, 7) is 0.889. The Labute approximate surface area is 135 Å². The van der Waals surface area contributed by atoms with E-state index < -0.39 is 0 Å². The van der Waals surface area contributed by atoms with Gasteiger partial charge in [0.2, 0.25) is 0 Å². The molecule has 2 aromatic rings. The van der Waals surface area contributed by atoms with Crippen molar-refractivity contribution in [1.29, 1.82) is 0 Å². The van der Waals surface area contributed by atoms with Gasteiger partial charge in [0.05, 0.1) is 17.8 Å². The Balaban J connectivity index is 1.96. The Bertz CT molecular complexity index is 643. The molecule has 0 saturated carbocycles. The predicted molar refractivity (Wildman–Crippen MR) is 89.3 cm³/mol. The molecular formula is C16H20N4OS. The minimum Gasteiger partial charge on any atom is -0.396 e. The first-order valence-corrected chi connectivity index (χ1v) is 7.82. The van der Waals surface area contributed by atoms with Crippen LogP contribution in [-0.4, -0.2) is 37.8 Å². The highest BCUT2D eigenvalue weighted by molar-refractivity contribution is 7.80. The number of thiocarbonyl (C=S) groups is 1. The Morgan fingerprint density at radius 1 is 1.36 bits per heavy atom. The van der Waals surface area contributed by atoms with Crippen LogP contribution in [0, 0.1) is 0 Å². The summed E-state index contributed by atoms with van der Waals surface area (Å²) >= 11 is 5.51. The summed E-state index contributed by atoms with van der Waals surface area (Å²) in [5.74, 6) is 0. The minimum absolute atomic E-state index is 0.0230. The highest BCUT2D eigenvalue weighted by Crippen LogP contribution is 2.38. The molecule has 1 fully saturated rings. The van der Waals surface area contributed by atoms with Gasteiger partial charge in [0.15, 0.2) is 5.11 Å². The van der Waals surface area contributed by atoms with E-state index in [-0.39, 0.29) is 18.7 Å². The highest BCUT2D eigenvalue weighted by Gasteiger charge is 2.39. The van der Waals surface area contributed by atoms with Crippen LogP contribution in [0.3, 0.4) is 0 Å². The molecule has 5 nitrogen and oxygen atoms in total. The molecule has 0 unspecified atom stereocenters. The third-order valence-electron chi connectivity index (χ3n) is 3.95. The van der Waals surface area contributed by atoms with E-state index in [0.717, 1.165) is 17.4 Å². The second-order valence-corrected chi connectivity index (χ2v) is 5.89. The third kappa shape index (κ3) is 2.84. The summed E-state index contributed by atoms with van der Waals surface area (Å²) < 4.78 is 2.04. The maximum absolute atomic E-state index is 9.15. The molecular weight excluding hydrogens is 296 g/mol. The molecule has 6 heteroatoms. The average Bonchev–Trinajstić information content (AvgIpc) is 3.09. The lowest BCUT2D eigenvalue weighted by molar-refractivity contribution is 0.247. The molecule has 0 amide bonds. The standard InChI is InChI=1S/C16H20N4OS/c1-19-9-6-12(11-19)15-14(13-5-2-3-7-17-13)18-16(22)20(15)8-4-10-21/h2-3,5-7,9,11,14-15,21H,4,8,10H2,1H3,(H,18,22)/t14-,15-/m1/s1. The van der Waals surface area contributed by atoms with Gasteiger partial charge in [-0.1, -0.05) is 6.07 Å². The lowest BCUT2D eigenvalue weighted by Crippen LogP contribution is -2.31. The van der Waals surface area contributed by atoms with Gasteiger partial charge in [0, 0.05) is 38.8 Å². The van der Waals surface area contributed by atoms with Crippen molar-refractivity contribution in [2.75, 3.05) is 13.2 Å². The molecule has 22 heavy (non-hydrogen) atoms. The first kappa shape index (κ1) is 15.0. The molecule has 1 aliphatic heterocycles. The second-order valence-electron chi connectivity index (χ2n) is 5.51. The molecule has 3 rings (SSSR count). The van der Waals surface area contributed by atoms with Crippen LogP contribution in [0.2, 0.25) is 0 Å². The lowest BCUT2D eigenvalue weighted by Gasteiger charge is -2.26. The second kappa shape index (κ2) is 6.46. The van der Waals surface area contributed by atoms with E-state index >= 15 is 0 Å². The Morgan fingerprint density at radius 2 is 2.23 bits per heavy atom. The third-order valence-corrected chi connectivity index (χ3v) is 4.30. The number of aromatic nitrogens is 2.